The van der Waals surface area contributed by atoms with Gasteiger partial charge in [0.15, 0.2) is 0 Å². The fourth-order valence-electron chi connectivity index (χ4n) is 4.14. The first-order valence-electron chi connectivity index (χ1n) is 11.5. The van der Waals surface area contributed by atoms with Crippen LogP contribution in [0.1, 0.15) is 36.6 Å². The van der Waals surface area contributed by atoms with Gasteiger partial charge in [0.2, 0.25) is 0 Å². The highest BCUT2D eigenvalue weighted by molar-refractivity contribution is 6.32. The molecule has 1 saturated heterocycles. The number of cyclic esters (lactones) is 1. The van der Waals surface area contributed by atoms with Gasteiger partial charge in [0.05, 0.1) is 25.6 Å². The van der Waals surface area contributed by atoms with E-state index >= 15 is 0 Å². The van der Waals surface area contributed by atoms with Gasteiger partial charge in [-0.15, -0.1) is 0 Å². The molecule has 1 aliphatic rings. The molecule has 0 spiro atoms. The lowest BCUT2D eigenvalue weighted by molar-refractivity contribution is -0.142. The Kier molecular flexibility index (Phi) is 7.21. The first kappa shape index (κ1) is 23.4. The van der Waals surface area contributed by atoms with Crippen LogP contribution in [0.4, 0.5) is 4.79 Å². The minimum atomic E-state index is -0.342. The number of carbonyl (C=O) groups excluding carboxylic acids is 2. The lowest BCUT2D eigenvalue weighted by Crippen LogP contribution is -2.31. The van der Waals surface area contributed by atoms with E-state index in [4.69, 9.17) is 14.2 Å². The maximum Gasteiger partial charge on any atom is 0.411 e. The highest BCUT2D eigenvalue weighted by Gasteiger charge is 2.39. The van der Waals surface area contributed by atoms with Gasteiger partial charge in [-0.2, -0.15) is 0 Å². The van der Waals surface area contributed by atoms with E-state index in [1.807, 2.05) is 87.6 Å². The molecule has 0 bridgehead atoms. The van der Waals surface area contributed by atoms with E-state index in [-0.39, 0.29) is 30.6 Å². The van der Waals surface area contributed by atoms with Crippen molar-refractivity contribution in [2.75, 3.05) is 6.61 Å². The zero-order valence-corrected chi connectivity index (χ0v) is 19.7. The average molecular weight is 457 g/mol. The summed E-state index contributed by atoms with van der Waals surface area (Å²) in [6.07, 6.45) is -0.475. The third kappa shape index (κ3) is 5.42. The molecule has 0 unspecified atom stereocenters. The fraction of sp³-hybridized carbons (Fsp3) is 0.259. The van der Waals surface area contributed by atoms with Crippen LogP contribution in [0.25, 0.3) is 0 Å². The highest BCUT2D eigenvalue weighted by Crippen LogP contribution is 2.35. The maximum absolute atomic E-state index is 12.7. The van der Waals surface area contributed by atoms with E-state index in [0.29, 0.717) is 24.7 Å². The lowest BCUT2D eigenvalue weighted by atomic mass is 9.93. The van der Waals surface area contributed by atoms with Gasteiger partial charge in [-0.05, 0) is 43.2 Å². The fourth-order valence-corrected chi connectivity index (χ4v) is 4.14. The van der Waals surface area contributed by atoms with Crippen LogP contribution in [0.5, 0.6) is 11.5 Å². The van der Waals surface area contributed by atoms with Gasteiger partial charge >= 0.3 is 12.1 Å². The van der Waals surface area contributed by atoms with E-state index in [9.17, 15) is 9.59 Å². The first-order chi connectivity index (χ1) is 16.4. The van der Waals surface area contributed by atoms with Gasteiger partial charge in [-0.3, -0.25) is 9.69 Å². The molecule has 6 nitrogen and oxygen atoms in total. The van der Waals surface area contributed by atoms with Crippen molar-refractivity contribution in [3.05, 3.63) is 89.5 Å². The zero-order chi connectivity index (χ0) is 24.1. The molecule has 34 heavy (non-hydrogen) atoms. The lowest BCUT2D eigenvalue weighted by Gasteiger charge is -2.22. The number of amides is 1. The summed E-state index contributed by atoms with van der Waals surface area (Å²) in [6, 6.07) is 22.9. The molecule has 3 aromatic rings. The molecule has 4 rings (SSSR count). The third-order valence-electron chi connectivity index (χ3n) is 5.86. The van der Waals surface area contributed by atoms with Crippen LogP contribution in [0.2, 0.25) is 0 Å². The molecule has 1 fully saturated rings. The Balaban J connectivity index is 1.53. The number of hydrogen-bond acceptors (Lipinski definition) is 5. The third-order valence-corrected chi connectivity index (χ3v) is 5.86. The maximum atomic E-state index is 12.7. The highest BCUT2D eigenvalue weighted by atomic mass is 16.6. The first-order valence-corrected chi connectivity index (χ1v) is 11.5. The molecular formula is C27H28BNO5. The molecule has 2 atom stereocenters. The van der Waals surface area contributed by atoms with Crippen molar-refractivity contribution in [1.82, 2.24) is 4.90 Å². The Bertz CT molecular complexity index is 1170. The summed E-state index contributed by atoms with van der Waals surface area (Å²) >= 11 is 0. The van der Waals surface area contributed by atoms with E-state index in [1.165, 1.54) is 0 Å². The SMILES string of the molecule is Bc1ccc(Oc2cccc(CC(=O)OCC)c2)c(CN2C(=O)O[C@H](c3ccccc3)[C@@H]2C)c1. The quantitative estimate of drug-likeness (QED) is 0.379. The normalized spacial score (nSPS) is 17.4. The van der Waals surface area contributed by atoms with E-state index < -0.39 is 0 Å². The van der Waals surface area contributed by atoms with Gasteiger partial charge in [-0.1, -0.05) is 60.1 Å². The van der Waals surface area contributed by atoms with Gasteiger partial charge in [0, 0.05) is 5.56 Å². The summed E-state index contributed by atoms with van der Waals surface area (Å²) in [5.41, 5.74) is 3.74. The molecule has 0 N–H and O–H groups in total. The summed E-state index contributed by atoms with van der Waals surface area (Å²) in [5.74, 6) is 0.998. The molecule has 0 aliphatic carbocycles. The van der Waals surface area contributed by atoms with Crippen LogP contribution in [0, 0.1) is 0 Å². The van der Waals surface area contributed by atoms with E-state index in [2.05, 4.69) is 0 Å². The molecular weight excluding hydrogens is 429 g/mol. The van der Waals surface area contributed by atoms with Crippen molar-refractivity contribution in [1.29, 1.82) is 0 Å². The Morgan fingerprint density at radius 2 is 1.85 bits per heavy atom. The Morgan fingerprint density at radius 1 is 1.06 bits per heavy atom. The molecule has 1 amide bonds. The van der Waals surface area contributed by atoms with Gasteiger partial charge in [0.1, 0.15) is 25.4 Å². The van der Waals surface area contributed by atoms with E-state index in [0.717, 1.165) is 22.2 Å². The molecule has 3 aromatic carbocycles. The smallest absolute Gasteiger partial charge is 0.411 e. The molecule has 0 saturated carbocycles. The van der Waals surface area contributed by atoms with E-state index in [1.54, 1.807) is 11.8 Å². The summed E-state index contributed by atoms with van der Waals surface area (Å²) in [6.45, 7) is 4.50. The van der Waals surface area contributed by atoms with Crippen LogP contribution >= 0.6 is 0 Å². The number of esters is 1. The van der Waals surface area contributed by atoms with Crippen molar-refractivity contribution in [2.24, 2.45) is 0 Å². The standard InChI is InChI=1S/C27H28BNO5/c1-3-32-25(30)15-19-8-7-11-23(14-19)33-24-13-12-22(28)16-21(24)17-29-18(2)26(34-27(29)31)20-9-5-4-6-10-20/h4-14,16,18,26H,3,15,17,28H2,1-2H3/t18-,26-/m0/s1. The molecule has 1 aliphatic heterocycles. The van der Waals surface area contributed by atoms with Gasteiger partial charge in [-0.25, -0.2) is 4.79 Å². The molecule has 1 heterocycles. The second-order valence-electron chi connectivity index (χ2n) is 8.43. The summed E-state index contributed by atoms with van der Waals surface area (Å²) < 4.78 is 17.0. The zero-order valence-electron chi connectivity index (χ0n) is 19.7. The second-order valence-corrected chi connectivity index (χ2v) is 8.43. The number of carbonyl (C=O) groups is 2. The number of benzene rings is 3. The van der Waals surface area contributed by atoms with Crippen molar-refractivity contribution < 1.29 is 23.8 Å². The average Bonchev–Trinajstić information content (AvgIpc) is 3.10. The molecule has 0 radical (unpaired) electrons. The monoisotopic (exact) mass is 457 g/mol. The van der Waals surface area contributed by atoms with Crippen LogP contribution in [-0.2, 0) is 27.2 Å². The second kappa shape index (κ2) is 10.5. The largest absolute Gasteiger partial charge is 0.466 e. The van der Waals surface area contributed by atoms with Crippen molar-refractivity contribution >= 4 is 25.4 Å². The number of rotatable bonds is 8. The van der Waals surface area contributed by atoms with Gasteiger partial charge < -0.3 is 14.2 Å². The number of nitrogens with zero attached hydrogens (tertiary/aromatic N) is 1. The van der Waals surface area contributed by atoms with Crippen molar-refractivity contribution in [3.8, 4) is 11.5 Å². The Morgan fingerprint density at radius 3 is 2.62 bits per heavy atom. The Labute approximate surface area is 200 Å². The topological polar surface area (TPSA) is 65.1 Å². The van der Waals surface area contributed by atoms with Crippen LogP contribution in [0.15, 0.2) is 72.8 Å². The predicted molar refractivity (Wildman–Crippen MR) is 132 cm³/mol. The molecule has 174 valence electrons. The summed E-state index contributed by atoms with van der Waals surface area (Å²) in [7, 11) is 2.01. The molecule has 7 heteroatoms. The van der Waals surface area contributed by atoms with Crippen LogP contribution in [-0.4, -0.2) is 37.5 Å². The minimum absolute atomic E-state index is 0.129. The molecule has 0 aromatic heterocycles. The summed E-state index contributed by atoms with van der Waals surface area (Å²) in [5, 5.41) is 0. The van der Waals surface area contributed by atoms with Crippen LogP contribution in [0.3, 0.4) is 0 Å². The van der Waals surface area contributed by atoms with Gasteiger partial charge in [0.25, 0.3) is 0 Å². The van der Waals surface area contributed by atoms with Crippen LogP contribution < -0.4 is 10.2 Å². The number of ether oxygens (including phenoxy) is 3. The Hall–Kier alpha value is -3.74. The number of hydrogen-bond donors (Lipinski definition) is 0. The van der Waals surface area contributed by atoms with Crippen molar-refractivity contribution in [2.45, 2.75) is 39.0 Å². The predicted octanol–water partition coefficient (Wildman–Crippen LogP) is 3.92. The minimum Gasteiger partial charge on any atom is -0.466 e. The summed E-state index contributed by atoms with van der Waals surface area (Å²) in [4.78, 5) is 26.3. The van der Waals surface area contributed by atoms with Crippen molar-refractivity contribution in [3.63, 3.8) is 0 Å².